The molecular weight excluding hydrogens is 112 g/mol. The smallest absolute Gasteiger partial charge is 0.0357 e. The minimum atomic E-state index is 0.948. The van der Waals surface area contributed by atoms with Crippen molar-refractivity contribution in [2.24, 2.45) is 0 Å². The van der Waals surface area contributed by atoms with E-state index >= 15 is 0 Å². The largest absolute Gasteiger partial charge is 0.364 e. The third-order valence-electron chi connectivity index (χ3n) is 1.23. The van der Waals surface area contributed by atoms with E-state index in [4.69, 9.17) is 0 Å². The lowest BCUT2D eigenvalue weighted by Gasteiger charge is -1.95. The number of H-pyrrole nitrogens is 1. The first kappa shape index (κ1) is 6.36. The Morgan fingerprint density at radius 1 is 1.67 bits per heavy atom. The van der Waals surface area contributed by atoms with Crippen molar-refractivity contribution in [1.82, 2.24) is 10.3 Å². The molecule has 0 aliphatic heterocycles. The van der Waals surface area contributed by atoms with Crippen LogP contribution in [-0.4, -0.2) is 11.5 Å². The average molecular weight is 124 g/mol. The van der Waals surface area contributed by atoms with Crippen molar-refractivity contribution in [2.45, 2.75) is 13.5 Å². The molecule has 0 saturated heterocycles. The van der Waals surface area contributed by atoms with E-state index in [1.165, 1.54) is 5.69 Å². The van der Waals surface area contributed by atoms with Gasteiger partial charge in [-0.2, -0.15) is 0 Å². The van der Waals surface area contributed by atoms with Crippen LogP contribution in [0.25, 0.3) is 0 Å². The Bertz CT molecular complexity index is 144. The zero-order valence-corrected chi connectivity index (χ0v) is 5.65. The highest BCUT2D eigenvalue weighted by atomic mass is 14.9. The molecule has 1 heterocycles. The van der Waals surface area contributed by atoms with Crippen molar-refractivity contribution in [1.29, 1.82) is 0 Å². The number of hydrogen-bond acceptors (Lipinski definition) is 1. The summed E-state index contributed by atoms with van der Waals surface area (Å²) in [4.78, 5) is 3.11. The quantitative estimate of drug-likeness (QED) is 0.621. The Labute approximate surface area is 55.3 Å². The molecule has 0 aliphatic rings. The second-order valence-electron chi connectivity index (χ2n) is 1.98. The summed E-state index contributed by atoms with van der Waals surface area (Å²) in [5.74, 6) is 0. The summed E-state index contributed by atoms with van der Waals surface area (Å²) in [5.41, 5.74) is 1.25. The van der Waals surface area contributed by atoms with Gasteiger partial charge in [0.05, 0.1) is 0 Å². The first-order valence-electron chi connectivity index (χ1n) is 3.26. The summed E-state index contributed by atoms with van der Waals surface area (Å²) in [6, 6.07) is 4.08. The van der Waals surface area contributed by atoms with Crippen LogP contribution in [0.3, 0.4) is 0 Å². The van der Waals surface area contributed by atoms with Crippen molar-refractivity contribution in [2.75, 3.05) is 6.54 Å². The standard InChI is InChI=1S/C7H12N2/c1-2-8-6-7-4-3-5-9-7/h3-5,8-9H,2,6H2,1H3. The van der Waals surface area contributed by atoms with Gasteiger partial charge in [-0.15, -0.1) is 0 Å². The summed E-state index contributed by atoms with van der Waals surface area (Å²) in [6.07, 6.45) is 1.94. The van der Waals surface area contributed by atoms with Crippen molar-refractivity contribution >= 4 is 0 Å². The van der Waals surface area contributed by atoms with Crippen LogP contribution in [0.2, 0.25) is 0 Å². The molecule has 0 fully saturated rings. The fourth-order valence-electron chi connectivity index (χ4n) is 0.737. The molecule has 0 saturated carbocycles. The first-order valence-corrected chi connectivity index (χ1v) is 3.26. The topological polar surface area (TPSA) is 27.8 Å². The molecule has 0 aromatic carbocycles. The van der Waals surface area contributed by atoms with Gasteiger partial charge in [-0.25, -0.2) is 0 Å². The highest BCUT2D eigenvalue weighted by molar-refractivity contribution is 5.02. The van der Waals surface area contributed by atoms with Gasteiger partial charge in [0.25, 0.3) is 0 Å². The molecule has 0 aliphatic carbocycles. The lowest BCUT2D eigenvalue weighted by molar-refractivity contribution is 0.714. The molecule has 2 N–H and O–H groups in total. The van der Waals surface area contributed by atoms with Crippen molar-refractivity contribution in [3.05, 3.63) is 24.0 Å². The van der Waals surface area contributed by atoms with E-state index in [1.807, 2.05) is 12.3 Å². The van der Waals surface area contributed by atoms with E-state index in [9.17, 15) is 0 Å². The number of aromatic amines is 1. The number of nitrogens with one attached hydrogen (secondary N) is 2. The van der Waals surface area contributed by atoms with Crippen LogP contribution in [0.1, 0.15) is 12.6 Å². The predicted molar refractivity (Wildman–Crippen MR) is 38.2 cm³/mol. The molecule has 2 heteroatoms. The Morgan fingerprint density at radius 2 is 2.56 bits per heavy atom. The van der Waals surface area contributed by atoms with E-state index in [-0.39, 0.29) is 0 Å². The van der Waals surface area contributed by atoms with Gasteiger partial charge in [0, 0.05) is 18.4 Å². The summed E-state index contributed by atoms with van der Waals surface area (Å²) in [5, 5.41) is 3.22. The van der Waals surface area contributed by atoms with Crippen molar-refractivity contribution in [3.63, 3.8) is 0 Å². The number of hydrogen-bond donors (Lipinski definition) is 2. The third kappa shape index (κ3) is 1.90. The van der Waals surface area contributed by atoms with Gasteiger partial charge in [0.15, 0.2) is 0 Å². The van der Waals surface area contributed by atoms with Gasteiger partial charge in [0.2, 0.25) is 0 Å². The van der Waals surface area contributed by atoms with Crippen LogP contribution in [-0.2, 0) is 6.54 Å². The minimum absolute atomic E-state index is 0.948. The zero-order valence-electron chi connectivity index (χ0n) is 5.65. The van der Waals surface area contributed by atoms with Gasteiger partial charge in [-0.3, -0.25) is 0 Å². The molecule has 1 aromatic heterocycles. The third-order valence-corrected chi connectivity index (χ3v) is 1.23. The maximum absolute atomic E-state index is 3.22. The highest BCUT2D eigenvalue weighted by Crippen LogP contribution is 1.91. The molecule has 2 nitrogen and oxygen atoms in total. The summed E-state index contributed by atoms with van der Waals surface area (Å²) < 4.78 is 0. The van der Waals surface area contributed by atoms with Crippen LogP contribution in [0.4, 0.5) is 0 Å². The predicted octanol–water partition coefficient (Wildman–Crippen LogP) is 1.12. The molecule has 0 bridgehead atoms. The van der Waals surface area contributed by atoms with Gasteiger partial charge in [-0.05, 0) is 18.7 Å². The molecule has 1 aromatic rings. The molecular formula is C7H12N2. The number of rotatable bonds is 3. The fourth-order valence-corrected chi connectivity index (χ4v) is 0.737. The SMILES string of the molecule is CCNCc1ccc[nH]1. The van der Waals surface area contributed by atoms with Crippen LogP contribution >= 0.6 is 0 Å². The van der Waals surface area contributed by atoms with Crippen LogP contribution in [0, 0.1) is 0 Å². The Hall–Kier alpha value is -0.760. The van der Waals surface area contributed by atoms with E-state index in [2.05, 4.69) is 23.3 Å². The average Bonchev–Trinajstić information content (AvgIpc) is 2.34. The van der Waals surface area contributed by atoms with Crippen LogP contribution in [0.15, 0.2) is 18.3 Å². The molecule has 9 heavy (non-hydrogen) atoms. The highest BCUT2D eigenvalue weighted by Gasteiger charge is 1.86. The van der Waals surface area contributed by atoms with Gasteiger partial charge < -0.3 is 10.3 Å². The fraction of sp³-hybridized carbons (Fsp3) is 0.429. The van der Waals surface area contributed by atoms with Gasteiger partial charge >= 0.3 is 0 Å². The summed E-state index contributed by atoms with van der Waals surface area (Å²) in [6.45, 7) is 4.07. The van der Waals surface area contributed by atoms with Crippen molar-refractivity contribution < 1.29 is 0 Å². The lowest BCUT2D eigenvalue weighted by atomic mass is 10.4. The van der Waals surface area contributed by atoms with Gasteiger partial charge in [0.1, 0.15) is 0 Å². The lowest BCUT2D eigenvalue weighted by Crippen LogP contribution is -2.11. The van der Waals surface area contributed by atoms with Crippen molar-refractivity contribution in [3.8, 4) is 0 Å². The molecule has 1 rings (SSSR count). The summed E-state index contributed by atoms with van der Waals surface area (Å²) >= 11 is 0. The van der Waals surface area contributed by atoms with E-state index in [0.29, 0.717) is 0 Å². The molecule has 0 amide bonds. The van der Waals surface area contributed by atoms with E-state index < -0.39 is 0 Å². The molecule has 0 spiro atoms. The second-order valence-corrected chi connectivity index (χ2v) is 1.98. The normalized spacial score (nSPS) is 9.89. The molecule has 50 valence electrons. The number of aromatic nitrogens is 1. The molecule has 0 atom stereocenters. The molecule has 0 unspecified atom stereocenters. The monoisotopic (exact) mass is 124 g/mol. The maximum Gasteiger partial charge on any atom is 0.0357 e. The van der Waals surface area contributed by atoms with Crippen LogP contribution in [0.5, 0.6) is 0 Å². The summed E-state index contributed by atoms with van der Waals surface area (Å²) in [7, 11) is 0. The Morgan fingerprint density at radius 3 is 3.11 bits per heavy atom. The minimum Gasteiger partial charge on any atom is -0.364 e. The van der Waals surface area contributed by atoms with E-state index in [0.717, 1.165) is 13.1 Å². The maximum atomic E-state index is 3.22. The first-order chi connectivity index (χ1) is 4.43. The zero-order chi connectivity index (χ0) is 6.53. The second kappa shape index (κ2) is 3.30. The van der Waals surface area contributed by atoms with E-state index in [1.54, 1.807) is 0 Å². The Balaban J connectivity index is 2.30. The molecule has 0 radical (unpaired) electrons. The van der Waals surface area contributed by atoms with Gasteiger partial charge in [-0.1, -0.05) is 6.92 Å². The van der Waals surface area contributed by atoms with Crippen LogP contribution < -0.4 is 5.32 Å². The Kier molecular flexibility index (Phi) is 2.33.